The highest BCUT2D eigenvalue weighted by atomic mass is 35.5. The molecule has 11 heteroatoms. The molecule has 3 N–H and O–H groups in total. The number of alkyl halides is 3. The highest BCUT2D eigenvalue weighted by Gasteiger charge is 2.31. The first-order valence-electron chi connectivity index (χ1n) is 7.23. The maximum Gasteiger partial charge on any atom is 0.417 e. The SMILES string of the molecule is O=C(CCNc1ncc(C(F)(F)F)cc1Cl)NNC(=O)c1cccnc1. The van der Waals surface area contributed by atoms with Crippen LogP contribution in [0.3, 0.4) is 0 Å². The molecule has 2 aromatic rings. The summed E-state index contributed by atoms with van der Waals surface area (Å²) in [5, 5.41) is 2.43. The van der Waals surface area contributed by atoms with Gasteiger partial charge >= 0.3 is 6.18 Å². The summed E-state index contributed by atoms with van der Waals surface area (Å²) in [5.41, 5.74) is 3.71. The van der Waals surface area contributed by atoms with E-state index in [0.29, 0.717) is 6.20 Å². The molecule has 0 fully saturated rings. The number of carbonyl (C=O) groups is 2. The van der Waals surface area contributed by atoms with E-state index in [1.807, 2.05) is 0 Å². The second kappa shape index (κ2) is 8.48. The molecule has 2 aromatic heterocycles. The van der Waals surface area contributed by atoms with Crippen LogP contribution in [0.15, 0.2) is 36.8 Å². The monoisotopic (exact) mass is 387 g/mol. The van der Waals surface area contributed by atoms with E-state index < -0.39 is 23.6 Å². The Kier molecular flexibility index (Phi) is 6.34. The molecule has 0 bridgehead atoms. The maximum atomic E-state index is 12.5. The van der Waals surface area contributed by atoms with E-state index in [4.69, 9.17) is 11.6 Å². The third kappa shape index (κ3) is 5.59. The zero-order chi connectivity index (χ0) is 19.2. The molecular formula is C15H13ClF3N5O2. The van der Waals surface area contributed by atoms with Crippen molar-refractivity contribution in [3.05, 3.63) is 52.9 Å². The quantitative estimate of drug-likeness (QED) is 0.685. The number of hydrogen-bond acceptors (Lipinski definition) is 5. The lowest BCUT2D eigenvalue weighted by molar-refractivity contribution is -0.137. The minimum absolute atomic E-state index is 0.0202. The van der Waals surface area contributed by atoms with Gasteiger partial charge in [-0.3, -0.25) is 25.4 Å². The number of anilines is 1. The molecule has 26 heavy (non-hydrogen) atoms. The summed E-state index contributed by atoms with van der Waals surface area (Å²) < 4.78 is 37.6. The predicted molar refractivity (Wildman–Crippen MR) is 87.2 cm³/mol. The van der Waals surface area contributed by atoms with E-state index >= 15 is 0 Å². The van der Waals surface area contributed by atoms with Crippen LogP contribution in [0.4, 0.5) is 19.0 Å². The zero-order valence-corrected chi connectivity index (χ0v) is 13.9. The number of rotatable bonds is 5. The van der Waals surface area contributed by atoms with E-state index in [9.17, 15) is 22.8 Å². The minimum Gasteiger partial charge on any atom is -0.368 e. The molecule has 0 aliphatic carbocycles. The molecular weight excluding hydrogens is 375 g/mol. The smallest absolute Gasteiger partial charge is 0.368 e. The molecule has 138 valence electrons. The molecule has 0 radical (unpaired) electrons. The van der Waals surface area contributed by atoms with E-state index in [-0.39, 0.29) is 29.4 Å². The minimum atomic E-state index is -4.54. The molecule has 0 aliphatic heterocycles. The van der Waals surface area contributed by atoms with Gasteiger partial charge in [-0.25, -0.2) is 4.98 Å². The number of carbonyl (C=O) groups excluding carboxylic acids is 2. The fourth-order valence-corrected chi connectivity index (χ4v) is 2.01. The zero-order valence-electron chi connectivity index (χ0n) is 13.1. The molecule has 0 aliphatic rings. The van der Waals surface area contributed by atoms with Crippen LogP contribution in [0.2, 0.25) is 5.02 Å². The van der Waals surface area contributed by atoms with Crippen molar-refractivity contribution >= 4 is 29.2 Å². The number of pyridine rings is 2. The Balaban J connectivity index is 1.77. The average molecular weight is 388 g/mol. The second-order valence-electron chi connectivity index (χ2n) is 4.97. The molecule has 2 amide bonds. The van der Waals surface area contributed by atoms with Crippen molar-refractivity contribution in [3.63, 3.8) is 0 Å². The first kappa shape index (κ1) is 19.4. The molecule has 0 unspecified atom stereocenters. The van der Waals surface area contributed by atoms with E-state index in [0.717, 1.165) is 6.07 Å². The van der Waals surface area contributed by atoms with Crippen molar-refractivity contribution < 1.29 is 22.8 Å². The average Bonchev–Trinajstić information content (AvgIpc) is 2.61. The van der Waals surface area contributed by atoms with Crippen LogP contribution in [0, 0.1) is 0 Å². The van der Waals surface area contributed by atoms with Gasteiger partial charge in [-0.1, -0.05) is 11.6 Å². The summed E-state index contributed by atoms with van der Waals surface area (Å²) in [6.07, 6.45) is -1.14. The van der Waals surface area contributed by atoms with E-state index in [2.05, 4.69) is 26.1 Å². The molecule has 2 rings (SSSR count). The van der Waals surface area contributed by atoms with Gasteiger partial charge in [-0.05, 0) is 18.2 Å². The van der Waals surface area contributed by atoms with Gasteiger partial charge in [0.1, 0.15) is 5.82 Å². The lowest BCUT2D eigenvalue weighted by Crippen LogP contribution is -2.42. The summed E-state index contributed by atoms with van der Waals surface area (Å²) in [6.45, 7) is 0.0483. The standard InChI is InChI=1S/C15H13ClF3N5O2/c16-11-6-10(15(17,18)19)8-22-13(11)21-5-3-12(25)23-24-14(26)9-2-1-4-20-7-9/h1-2,4,6-8H,3,5H2,(H,21,22)(H,23,25)(H,24,26). The molecule has 0 saturated heterocycles. The largest absolute Gasteiger partial charge is 0.417 e. The Morgan fingerprint density at radius 3 is 2.58 bits per heavy atom. The number of nitrogens with zero attached hydrogens (tertiary/aromatic N) is 2. The first-order valence-corrected chi connectivity index (χ1v) is 7.61. The van der Waals surface area contributed by atoms with Gasteiger partial charge in [0.25, 0.3) is 5.91 Å². The first-order chi connectivity index (χ1) is 12.3. The topological polar surface area (TPSA) is 96.0 Å². The van der Waals surface area contributed by atoms with Gasteiger partial charge in [-0.15, -0.1) is 0 Å². The van der Waals surface area contributed by atoms with Crippen LogP contribution in [-0.2, 0) is 11.0 Å². The summed E-state index contributed by atoms with van der Waals surface area (Å²) in [5.74, 6) is -1.03. The third-order valence-electron chi connectivity index (χ3n) is 3.05. The summed E-state index contributed by atoms with van der Waals surface area (Å²) in [6, 6.07) is 3.83. The number of aromatic nitrogens is 2. The number of hydrogen-bond donors (Lipinski definition) is 3. The van der Waals surface area contributed by atoms with E-state index in [1.54, 1.807) is 6.07 Å². The maximum absolute atomic E-state index is 12.5. The van der Waals surface area contributed by atoms with Gasteiger partial charge in [-0.2, -0.15) is 13.2 Å². The number of nitrogens with one attached hydrogen (secondary N) is 3. The van der Waals surface area contributed by atoms with Gasteiger partial charge < -0.3 is 5.32 Å². The summed E-state index contributed by atoms with van der Waals surface area (Å²) in [4.78, 5) is 30.7. The van der Waals surface area contributed by atoms with Crippen molar-refractivity contribution in [2.75, 3.05) is 11.9 Å². The van der Waals surface area contributed by atoms with Crippen LogP contribution in [0.25, 0.3) is 0 Å². The fraction of sp³-hybridized carbons (Fsp3) is 0.200. The van der Waals surface area contributed by atoms with Crippen LogP contribution in [-0.4, -0.2) is 28.3 Å². The van der Waals surface area contributed by atoms with Crippen molar-refractivity contribution in [3.8, 4) is 0 Å². The van der Waals surface area contributed by atoms with E-state index in [1.165, 1.54) is 18.5 Å². The molecule has 0 spiro atoms. The van der Waals surface area contributed by atoms with Crippen LogP contribution in [0.1, 0.15) is 22.3 Å². The van der Waals surface area contributed by atoms with Gasteiger partial charge in [0.05, 0.1) is 16.1 Å². The Morgan fingerprint density at radius 2 is 1.96 bits per heavy atom. The van der Waals surface area contributed by atoms with Gasteiger partial charge in [0, 0.05) is 31.6 Å². The van der Waals surface area contributed by atoms with Crippen molar-refractivity contribution in [1.82, 2.24) is 20.8 Å². The van der Waals surface area contributed by atoms with Crippen molar-refractivity contribution in [2.24, 2.45) is 0 Å². The number of hydrazine groups is 1. The van der Waals surface area contributed by atoms with Gasteiger partial charge in [0.2, 0.25) is 5.91 Å². The summed E-state index contributed by atoms with van der Waals surface area (Å²) in [7, 11) is 0. The highest BCUT2D eigenvalue weighted by Crippen LogP contribution is 2.32. The highest BCUT2D eigenvalue weighted by molar-refractivity contribution is 6.32. The number of amides is 2. The fourth-order valence-electron chi connectivity index (χ4n) is 1.78. The predicted octanol–water partition coefficient (Wildman–Crippen LogP) is 2.41. The molecule has 0 saturated carbocycles. The molecule has 2 heterocycles. The lowest BCUT2D eigenvalue weighted by atomic mass is 10.2. The Bertz CT molecular complexity index is 787. The van der Waals surface area contributed by atoms with Gasteiger partial charge in [0.15, 0.2) is 0 Å². The van der Waals surface area contributed by atoms with Crippen molar-refractivity contribution in [1.29, 1.82) is 0 Å². The molecule has 7 nitrogen and oxygen atoms in total. The van der Waals surface area contributed by atoms with Crippen LogP contribution >= 0.6 is 11.6 Å². The Labute approximate surface area is 150 Å². The normalized spacial score (nSPS) is 10.9. The second-order valence-corrected chi connectivity index (χ2v) is 5.38. The Morgan fingerprint density at radius 1 is 1.19 bits per heavy atom. The van der Waals surface area contributed by atoms with Crippen LogP contribution < -0.4 is 16.2 Å². The summed E-state index contributed by atoms with van der Waals surface area (Å²) >= 11 is 5.73. The number of halogens is 4. The molecule has 0 aromatic carbocycles. The van der Waals surface area contributed by atoms with Crippen molar-refractivity contribution in [2.45, 2.75) is 12.6 Å². The molecule has 0 atom stereocenters. The lowest BCUT2D eigenvalue weighted by Gasteiger charge is -2.11. The third-order valence-corrected chi connectivity index (χ3v) is 3.34. The Hall–Kier alpha value is -2.88. The van der Waals surface area contributed by atoms with Crippen LogP contribution in [0.5, 0.6) is 0 Å².